The fraction of sp³-hybridized carbons (Fsp3) is 0.455. The van der Waals surface area contributed by atoms with Gasteiger partial charge >= 0.3 is 0 Å². The van der Waals surface area contributed by atoms with Crippen LogP contribution >= 0.6 is 11.8 Å². The molecule has 102 valence electrons. The number of nitrogens with two attached hydrogens (primary N) is 1. The largest absolute Gasteiger partial charge is 0.398 e. The summed E-state index contributed by atoms with van der Waals surface area (Å²) >= 11 is 1.54. The topological polar surface area (TPSA) is 72.6 Å². The summed E-state index contributed by atoms with van der Waals surface area (Å²) in [4.78, 5) is 1.07. The molecule has 0 unspecified atom stereocenters. The van der Waals surface area contributed by atoms with Crippen LogP contribution in [-0.4, -0.2) is 46.3 Å². The van der Waals surface area contributed by atoms with E-state index in [4.69, 9.17) is 10.5 Å². The van der Waals surface area contributed by atoms with Gasteiger partial charge in [0.1, 0.15) is 0 Å². The first-order chi connectivity index (χ1) is 8.39. The number of nitrogen functional groups attached to an aromatic ring is 1. The molecule has 18 heavy (non-hydrogen) atoms. The van der Waals surface area contributed by atoms with Crippen molar-refractivity contribution < 1.29 is 13.2 Å². The normalized spacial score (nSPS) is 12.0. The van der Waals surface area contributed by atoms with Crippen molar-refractivity contribution in [2.24, 2.45) is 0 Å². The van der Waals surface area contributed by atoms with Crippen LogP contribution in [-0.2, 0) is 14.8 Å². The monoisotopic (exact) mass is 290 g/mol. The summed E-state index contributed by atoms with van der Waals surface area (Å²) in [5.41, 5.74) is 6.33. The predicted octanol–water partition coefficient (Wildman–Crippen LogP) is 1.26. The highest BCUT2D eigenvalue weighted by molar-refractivity contribution is 7.99. The van der Waals surface area contributed by atoms with E-state index in [9.17, 15) is 8.42 Å². The van der Waals surface area contributed by atoms with Crippen LogP contribution in [0.3, 0.4) is 0 Å². The number of anilines is 1. The first-order valence-corrected chi connectivity index (χ1v) is 7.76. The van der Waals surface area contributed by atoms with Gasteiger partial charge in [-0.3, -0.25) is 0 Å². The van der Waals surface area contributed by atoms with Gasteiger partial charge in [-0.05, 0) is 18.2 Å². The first-order valence-electron chi connectivity index (χ1n) is 5.33. The zero-order chi connectivity index (χ0) is 13.8. The van der Waals surface area contributed by atoms with Gasteiger partial charge in [-0.25, -0.2) is 12.7 Å². The maximum Gasteiger partial charge on any atom is 0.242 e. The van der Waals surface area contributed by atoms with E-state index in [0.29, 0.717) is 12.3 Å². The van der Waals surface area contributed by atoms with Crippen molar-refractivity contribution in [3.63, 3.8) is 0 Å². The van der Waals surface area contributed by atoms with E-state index in [-0.39, 0.29) is 4.90 Å². The zero-order valence-electron chi connectivity index (χ0n) is 10.7. The van der Waals surface area contributed by atoms with Gasteiger partial charge in [0.05, 0.1) is 11.5 Å². The lowest BCUT2D eigenvalue weighted by Gasteiger charge is -2.13. The molecule has 0 radical (unpaired) electrons. The van der Waals surface area contributed by atoms with Gasteiger partial charge in [0, 0.05) is 37.5 Å². The van der Waals surface area contributed by atoms with E-state index in [0.717, 1.165) is 10.6 Å². The fourth-order valence-electron chi connectivity index (χ4n) is 1.26. The van der Waals surface area contributed by atoms with Crippen LogP contribution in [0.5, 0.6) is 0 Å². The minimum atomic E-state index is -3.42. The molecule has 2 N–H and O–H groups in total. The van der Waals surface area contributed by atoms with Crippen molar-refractivity contribution >= 4 is 27.5 Å². The average Bonchev–Trinajstić information content (AvgIpc) is 2.31. The number of methoxy groups -OCH3 is 1. The Balaban J connectivity index is 2.93. The molecule has 0 aliphatic rings. The van der Waals surface area contributed by atoms with Crippen LogP contribution in [0.25, 0.3) is 0 Å². The zero-order valence-corrected chi connectivity index (χ0v) is 12.3. The summed E-state index contributed by atoms with van der Waals surface area (Å²) in [6.45, 7) is 0.627. The van der Waals surface area contributed by atoms with Crippen LogP contribution in [0, 0.1) is 0 Å². The second-order valence-corrected chi connectivity index (χ2v) is 7.12. The van der Waals surface area contributed by atoms with E-state index >= 15 is 0 Å². The van der Waals surface area contributed by atoms with Gasteiger partial charge in [0.15, 0.2) is 0 Å². The van der Waals surface area contributed by atoms with E-state index in [1.807, 2.05) is 0 Å². The second kappa shape index (κ2) is 6.42. The molecule has 0 heterocycles. The average molecular weight is 290 g/mol. The van der Waals surface area contributed by atoms with Crippen LogP contribution in [0.2, 0.25) is 0 Å². The number of rotatable bonds is 6. The molecule has 0 atom stereocenters. The van der Waals surface area contributed by atoms with E-state index in [1.54, 1.807) is 31.0 Å². The van der Waals surface area contributed by atoms with Gasteiger partial charge in [-0.15, -0.1) is 11.8 Å². The van der Waals surface area contributed by atoms with Gasteiger partial charge in [-0.2, -0.15) is 0 Å². The smallest absolute Gasteiger partial charge is 0.242 e. The van der Waals surface area contributed by atoms with Crippen molar-refractivity contribution in [3.05, 3.63) is 18.2 Å². The van der Waals surface area contributed by atoms with Crippen molar-refractivity contribution in [3.8, 4) is 0 Å². The summed E-state index contributed by atoms with van der Waals surface area (Å²) in [5.74, 6) is 0.778. The van der Waals surface area contributed by atoms with Crippen LogP contribution < -0.4 is 5.73 Å². The molecule has 5 nitrogen and oxygen atoms in total. The van der Waals surface area contributed by atoms with Gasteiger partial charge < -0.3 is 10.5 Å². The highest BCUT2D eigenvalue weighted by Crippen LogP contribution is 2.28. The molecular weight excluding hydrogens is 272 g/mol. The maximum atomic E-state index is 11.9. The summed E-state index contributed by atoms with van der Waals surface area (Å²) in [6.07, 6.45) is 0. The molecule has 1 aromatic rings. The molecule has 0 aliphatic heterocycles. The number of thioether (sulfide) groups is 1. The lowest BCUT2D eigenvalue weighted by molar-refractivity contribution is 0.218. The molecule has 0 saturated carbocycles. The predicted molar refractivity (Wildman–Crippen MR) is 74.3 cm³/mol. The lowest BCUT2D eigenvalue weighted by Crippen LogP contribution is -2.22. The highest BCUT2D eigenvalue weighted by Gasteiger charge is 2.18. The molecule has 0 bridgehead atoms. The van der Waals surface area contributed by atoms with Crippen molar-refractivity contribution in [2.45, 2.75) is 9.79 Å². The molecule has 0 fully saturated rings. The lowest BCUT2D eigenvalue weighted by atomic mass is 10.3. The number of ether oxygens (including phenoxy) is 1. The standard InChI is InChI=1S/C11H18N2O3S2/c1-13(2)18(14,15)9-4-5-11(10(12)8-9)17-7-6-16-3/h4-5,8H,6-7,12H2,1-3H3. The molecule has 1 rings (SSSR count). The third-order valence-electron chi connectivity index (χ3n) is 2.30. The third-order valence-corrected chi connectivity index (χ3v) is 5.17. The Labute approximate surface area is 112 Å². The second-order valence-electron chi connectivity index (χ2n) is 3.83. The molecule has 0 amide bonds. The first kappa shape index (κ1) is 15.3. The van der Waals surface area contributed by atoms with Crippen molar-refractivity contribution in [1.29, 1.82) is 0 Å². The number of sulfonamides is 1. The van der Waals surface area contributed by atoms with E-state index < -0.39 is 10.0 Å². The van der Waals surface area contributed by atoms with Crippen LogP contribution in [0.1, 0.15) is 0 Å². The Bertz CT molecular complexity index is 501. The van der Waals surface area contributed by atoms with Gasteiger partial charge in [0.25, 0.3) is 0 Å². The molecule has 0 saturated heterocycles. The maximum absolute atomic E-state index is 11.9. The number of benzene rings is 1. The summed E-state index contributed by atoms with van der Waals surface area (Å²) in [6, 6.07) is 4.79. The molecular formula is C11H18N2O3S2. The Hall–Kier alpha value is -0.760. The Morgan fingerprint density at radius 3 is 2.56 bits per heavy atom. The number of hydrogen-bond acceptors (Lipinski definition) is 5. The van der Waals surface area contributed by atoms with Gasteiger partial charge in [-0.1, -0.05) is 0 Å². The molecule has 1 aromatic carbocycles. The van der Waals surface area contributed by atoms with E-state index in [1.165, 1.54) is 24.5 Å². The molecule has 7 heteroatoms. The Kier molecular flexibility index (Phi) is 5.46. The molecule has 0 aliphatic carbocycles. The van der Waals surface area contributed by atoms with Crippen molar-refractivity contribution in [2.75, 3.05) is 39.3 Å². The van der Waals surface area contributed by atoms with E-state index in [2.05, 4.69) is 0 Å². The number of nitrogens with zero attached hydrogens (tertiary/aromatic N) is 1. The minimum absolute atomic E-state index is 0.209. The summed E-state index contributed by atoms with van der Waals surface area (Å²) in [5, 5.41) is 0. The SMILES string of the molecule is COCCSc1ccc(S(=O)(=O)N(C)C)cc1N. The summed E-state index contributed by atoms with van der Waals surface area (Å²) in [7, 11) is 1.20. The van der Waals surface area contributed by atoms with Gasteiger partial charge in [0.2, 0.25) is 10.0 Å². The van der Waals surface area contributed by atoms with Crippen molar-refractivity contribution in [1.82, 2.24) is 4.31 Å². The number of hydrogen-bond donors (Lipinski definition) is 1. The fourth-order valence-corrected chi connectivity index (χ4v) is 3.06. The minimum Gasteiger partial charge on any atom is -0.398 e. The molecule has 0 spiro atoms. The van der Waals surface area contributed by atoms with Crippen LogP contribution in [0.15, 0.2) is 28.0 Å². The molecule has 0 aromatic heterocycles. The van der Waals surface area contributed by atoms with Crippen LogP contribution in [0.4, 0.5) is 5.69 Å². The third kappa shape index (κ3) is 3.61. The quantitative estimate of drug-likeness (QED) is 0.485. The Morgan fingerprint density at radius 1 is 1.39 bits per heavy atom. The highest BCUT2D eigenvalue weighted by atomic mass is 32.2. The Morgan fingerprint density at radius 2 is 2.06 bits per heavy atom. The summed E-state index contributed by atoms with van der Waals surface area (Å²) < 4.78 is 29.9.